The summed E-state index contributed by atoms with van der Waals surface area (Å²) >= 11 is 0. The molecule has 130 valence electrons. The van der Waals surface area contributed by atoms with Gasteiger partial charge in [-0.1, -0.05) is 6.07 Å². The Balaban J connectivity index is 1.62. The van der Waals surface area contributed by atoms with Crippen molar-refractivity contribution in [1.82, 2.24) is 9.55 Å². The fourth-order valence-electron chi connectivity index (χ4n) is 2.73. The van der Waals surface area contributed by atoms with Crippen LogP contribution in [-0.4, -0.2) is 29.7 Å². The normalized spacial score (nSPS) is 10.7. The second-order valence-electron chi connectivity index (χ2n) is 5.80. The standard InChI is InChI=1S/C19H21N3O3/c1-22-12-20-15-11-14(6-7-16(15)22)21-19(23)9-5-13-4-8-17(24-2)18(10-13)25-3/h4,6-8,10-12H,5,9H2,1-3H3,(H,21,23). The minimum Gasteiger partial charge on any atom is -0.493 e. The average Bonchev–Trinajstić information content (AvgIpc) is 3.00. The van der Waals surface area contributed by atoms with Gasteiger partial charge in [-0.2, -0.15) is 0 Å². The Hall–Kier alpha value is -3.02. The van der Waals surface area contributed by atoms with E-state index >= 15 is 0 Å². The van der Waals surface area contributed by atoms with Crippen LogP contribution in [0.5, 0.6) is 11.5 Å². The number of anilines is 1. The second-order valence-corrected chi connectivity index (χ2v) is 5.80. The van der Waals surface area contributed by atoms with Crippen LogP contribution in [0.4, 0.5) is 5.69 Å². The Kier molecular flexibility index (Phi) is 4.88. The van der Waals surface area contributed by atoms with Crippen LogP contribution in [0.1, 0.15) is 12.0 Å². The summed E-state index contributed by atoms with van der Waals surface area (Å²) in [6, 6.07) is 11.4. The van der Waals surface area contributed by atoms with Gasteiger partial charge in [0.15, 0.2) is 11.5 Å². The number of aryl methyl sites for hydroxylation is 2. The van der Waals surface area contributed by atoms with Gasteiger partial charge in [0.2, 0.25) is 5.91 Å². The maximum absolute atomic E-state index is 12.2. The summed E-state index contributed by atoms with van der Waals surface area (Å²) in [5.74, 6) is 1.31. The molecular weight excluding hydrogens is 318 g/mol. The van der Waals surface area contributed by atoms with Crippen LogP contribution in [0, 0.1) is 0 Å². The van der Waals surface area contributed by atoms with Crippen molar-refractivity contribution in [3.8, 4) is 11.5 Å². The molecule has 0 unspecified atom stereocenters. The molecule has 2 aromatic carbocycles. The molecular formula is C19H21N3O3. The summed E-state index contributed by atoms with van der Waals surface area (Å²) in [5, 5.41) is 2.92. The molecule has 3 rings (SSSR count). The first-order chi connectivity index (χ1) is 12.1. The molecule has 1 amide bonds. The number of fused-ring (bicyclic) bond motifs is 1. The summed E-state index contributed by atoms with van der Waals surface area (Å²) in [5.41, 5.74) is 3.67. The molecule has 3 aromatic rings. The number of benzene rings is 2. The van der Waals surface area contributed by atoms with E-state index in [9.17, 15) is 4.79 Å². The van der Waals surface area contributed by atoms with E-state index in [2.05, 4.69) is 10.3 Å². The number of carbonyl (C=O) groups is 1. The fraction of sp³-hybridized carbons (Fsp3) is 0.263. The summed E-state index contributed by atoms with van der Waals surface area (Å²) in [4.78, 5) is 16.5. The minimum absolute atomic E-state index is 0.0370. The van der Waals surface area contributed by atoms with Crippen LogP contribution >= 0.6 is 0 Å². The number of rotatable bonds is 6. The van der Waals surface area contributed by atoms with Crippen molar-refractivity contribution in [3.05, 3.63) is 48.3 Å². The zero-order valence-electron chi connectivity index (χ0n) is 14.6. The predicted molar refractivity (Wildman–Crippen MR) is 97.2 cm³/mol. The predicted octanol–water partition coefficient (Wildman–Crippen LogP) is 3.16. The van der Waals surface area contributed by atoms with Crippen molar-refractivity contribution >= 4 is 22.6 Å². The third kappa shape index (κ3) is 3.74. The van der Waals surface area contributed by atoms with E-state index in [1.165, 1.54) is 0 Å². The van der Waals surface area contributed by atoms with Crippen LogP contribution in [0.25, 0.3) is 11.0 Å². The molecule has 0 radical (unpaired) electrons. The second kappa shape index (κ2) is 7.25. The van der Waals surface area contributed by atoms with E-state index in [4.69, 9.17) is 9.47 Å². The molecule has 25 heavy (non-hydrogen) atoms. The number of imidazole rings is 1. The SMILES string of the molecule is COc1ccc(CCC(=O)Nc2ccc3c(c2)ncn3C)cc1OC. The van der Waals surface area contributed by atoms with Gasteiger partial charge in [0.05, 0.1) is 31.6 Å². The first-order valence-corrected chi connectivity index (χ1v) is 8.02. The van der Waals surface area contributed by atoms with Crippen molar-refractivity contribution in [2.75, 3.05) is 19.5 Å². The highest BCUT2D eigenvalue weighted by Gasteiger charge is 2.08. The van der Waals surface area contributed by atoms with E-state index in [0.29, 0.717) is 24.3 Å². The number of methoxy groups -OCH3 is 2. The third-order valence-corrected chi connectivity index (χ3v) is 4.10. The van der Waals surface area contributed by atoms with Gasteiger partial charge in [-0.25, -0.2) is 4.98 Å². The first-order valence-electron chi connectivity index (χ1n) is 8.02. The molecule has 0 spiro atoms. The van der Waals surface area contributed by atoms with Crippen molar-refractivity contribution in [1.29, 1.82) is 0 Å². The molecule has 0 atom stereocenters. The summed E-state index contributed by atoms with van der Waals surface area (Å²) in [7, 11) is 5.14. The van der Waals surface area contributed by atoms with Gasteiger partial charge in [0, 0.05) is 19.2 Å². The van der Waals surface area contributed by atoms with Crippen molar-refractivity contribution in [2.45, 2.75) is 12.8 Å². The molecule has 1 aromatic heterocycles. The quantitative estimate of drug-likeness (QED) is 0.749. The number of ether oxygens (including phenoxy) is 2. The molecule has 0 saturated carbocycles. The molecule has 6 heteroatoms. The molecule has 0 aliphatic rings. The molecule has 0 saturated heterocycles. The molecule has 6 nitrogen and oxygen atoms in total. The zero-order chi connectivity index (χ0) is 17.8. The van der Waals surface area contributed by atoms with Crippen LogP contribution in [0.3, 0.4) is 0 Å². The smallest absolute Gasteiger partial charge is 0.224 e. The molecule has 0 fully saturated rings. The molecule has 1 heterocycles. The lowest BCUT2D eigenvalue weighted by molar-refractivity contribution is -0.116. The third-order valence-electron chi connectivity index (χ3n) is 4.10. The van der Waals surface area contributed by atoms with Gasteiger partial charge >= 0.3 is 0 Å². The number of nitrogens with zero attached hydrogens (tertiary/aromatic N) is 2. The highest BCUT2D eigenvalue weighted by atomic mass is 16.5. The number of aromatic nitrogens is 2. The number of nitrogens with one attached hydrogen (secondary N) is 1. The Morgan fingerprint density at radius 1 is 1.12 bits per heavy atom. The Morgan fingerprint density at radius 2 is 1.92 bits per heavy atom. The largest absolute Gasteiger partial charge is 0.493 e. The maximum Gasteiger partial charge on any atom is 0.224 e. The molecule has 0 bridgehead atoms. The van der Waals surface area contributed by atoms with Crippen molar-refractivity contribution < 1.29 is 14.3 Å². The molecule has 0 aliphatic carbocycles. The summed E-state index contributed by atoms with van der Waals surface area (Å²) in [6.45, 7) is 0. The average molecular weight is 339 g/mol. The highest BCUT2D eigenvalue weighted by molar-refractivity contribution is 5.93. The Morgan fingerprint density at radius 3 is 2.68 bits per heavy atom. The van der Waals surface area contributed by atoms with Crippen molar-refractivity contribution in [3.63, 3.8) is 0 Å². The molecule has 0 aliphatic heterocycles. The van der Waals surface area contributed by atoms with Crippen molar-refractivity contribution in [2.24, 2.45) is 7.05 Å². The van der Waals surface area contributed by atoms with Crippen LogP contribution in [0.15, 0.2) is 42.7 Å². The van der Waals surface area contributed by atoms with E-state index in [1.807, 2.05) is 48.0 Å². The minimum atomic E-state index is -0.0370. The van der Waals surface area contributed by atoms with Gasteiger partial charge in [-0.05, 0) is 42.3 Å². The lowest BCUT2D eigenvalue weighted by Crippen LogP contribution is -2.12. The van der Waals surface area contributed by atoms with Gasteiger partial charge in [0.1, 0.15) is 0 Å². The number of hydrogen-bond donors (Lipinski definition) is 1. The molecule has 1 N–H and O–H groups in total. The Labute approximate surface area is 146 Å². The van der Waals surface area contributed by atoms with Gasteiger partial charge < -0.3 is 19.4 Å². The van der Waals surface area contributed by atoms with Crippen LogP contribution in [-0.2, 0) is 18.3 Å². The Bertz CT molecular complexity index is 902. The highest BCUT2D eigenvalue weighted by Crippen LogP contribution is 2.28. The van der Waals surface area contributed by atoms with Gasteiger partial charge in [-0.3, -0.25) is 4.79 Å². The summed E-state index contributed by atoms with van der Waals surface area (Å²) in [6.07, 6.45) is 2.76. The maximum atomic E-state index is 12.2. The number of amides is 1. The number of hydrogen-bond acceptors (Lipinski definition) is 4. The zero-order valence-corrected chi connectivity index (χ0v) is 14.6. The lowest BCUT2D eigenvalue weighted by Gasteiger charge is -2.10. The van der Waals surface area contributed by atoms with Crippen LogP contribution < -0.4 is 14.8 Å². The first kappa shape index (κ1) is 16.8. The number of carbonyl (C=O) groups excluding carboxylic acids is 1. The topological polar surface area (TPSA) is 65.4 Å². The van der Waals surface area contributed by atoms with E-state index in [-0.39, 0.29) is 5.91 Å². The van der Waals surface area contributed by atoms with E-state index < -0.39 is 0 Å². The fourth-order valence-corrected chi connectivity index (χ4v) is 2.73. The van der Waals surface area contributed by atoms with Gasteiger partial charge in [-0.15, -0.1) is 0 Å². The van der Waals surface area contributed by atoms with E-state index in [1.54, 1.807) is 20.5 Å². The monoisotopic (exact) mass is 339 g/mol. The van der Waals surface area contributed by atoms with Gasteiger partial charge in [0.25, 0.3) is 0 Å². The lowest BCUT2D eigenvalue weighted by atomic mass is 10.1. The van der Waals surface area contributed by atoms with Crippen LogP contribution in [0.2, 0.25) is 0 Å². The summed E-state index contributed by atoms with van der Waals surface area (Å²) < 4.78 is 12.5. The van der Waals surface area contributed by atoms with E-state index in [0.717, 1.165) is 22.3 Å².